The van der Waals surface area contributed by atoms with Crippen LogP contribution in [0.2, 0.25) is 0 Å². The summed E-state index contributed by atoms with van der Waals surface area (Å²) < 4.78 is 33.9. The van der Waals surface area contributed by atoms with Gasteiger partial charge in [-0.3, -0.25) is 9.78 Å². The predicted octanol–water partition coefficient (Wildman–Crippen LogP) is 4.31. The summed E-state index contributed by atoms with van der Waals surface area (Å²) in [4.78, 5) is 21.1. The molecule has 0 bridgehead atoms. The Bertz CT molecular complexity index is 1250. The first kappa shape index (κ1) is 22.9. The van der Waals surface area contributed by atoms with Crippen LogP contribution in [0.5, 0.6) is 11.5 Å². The van der Waals surface area contributed by atoms with Crippen molar-refractivity contribution < 1.29 is 17.9 Å². The largest absolute Gasteiger partial charge is 0.455 e. The number of piperidine rings is 1. The molecule has 1 aliphatic rings. The number of hydrogen-bond acceptors (Lipinski definition) is 6. The number of aromatic nitrogens is 2. The Morgan fingerprint density at radius 3 is 2.48 bits per heavy atom. The van der Waals surface area contributed by atoms with E-state index in [4.69, 9.17) is 4.74 Å². The fourth-order valence-corrected chi connectivity index (χ4v) is 5.16. The molecule has 2 aromatic carbocycles. The highest BCUT2D eigenvalue weighted by Gasteiger charge is 2.27. The Hall–Kier alpha value is -3.30. The van der Waals surface area contributed by atoms with Crippen LogP contribution >= 0.6 is 0 Å². The van der Waals surface area contributed by atoms with Crippen LogP contribution in [0.15, 0.2) is 59.8 Å². The van der Waals surface area contributed by atoms with E-state index in [0.717, 1.165) is 24.8 Å². The zero-order chi connectivity index (χ0) is 23.4. The molecule has 1 amide bonds. The third-order valence-electron chi connectivity index (χ3n) is 5.38. The minimum absolute atomic E-state index is 0.103. The lowest BCUT2D eigenvalue weighted by Gasteiger charge is -2.26. The van der Waals surface area contributed by atoms with Gasteiger partial charge in [-0.15, -0.1) is 0 Å². The number of carbonyl (C=O) groups is 1. The summed E-state index contributed by atoms with van der Waals surface area (Å²) in [5.74, 6) is 0.392. The number of amides is 1. The number of hydrogen-bond donors (Lipinski definition) is 1. The molecule has 1 aliphatic heterocycles. The van der Waals surface area contributed by atoms with Crippen LogP contribution in [0.1, 0.15) is 41.0 Å². The molecule has 3 aromatic rings. The van der Waals surface area contributed by atoms with Crippen molar-refractivity contribution in [3.63, 3.8) is 0 Å². The first-order chi connectivity index (χ1) is 15.8. The second-order valence-electron chi connectivity index (χ2n) is 8.04. The zero-order valence-corrected chi connectivity index (χ0v) is 19.4. The average molecular weight is 467 g/mol. The second kappa shape index (κ2) is 9.68. The number of rotatable bonds is 6. The smallest absolute Gasteiger partial charge is 0.275 e. The minimum atomic E-state index is -3.69. The van der Waals surface area contributed by atoms with E-state index in [2.05, 4.69) is 15.3 Å². The lowest BCUT2D eigenvalue weighted by atomic mass is 10.2. The molecule has 1 aromatic heterocycles. The summed E-state index contributed by atoms with van der Waals surface area (Å²) >= 11 is 0. The molecule has 0 spiro atoms. The second-order valence-corrected chi connectivity index (χ2v) is 9.98. The maximum Gasteiger partial charge on any atom is 0.275 e. The van der Waals surface area contributed by atoms with Crippen LogP contribution < -0.4 is 10.1 Å². The summed E-state index contributed by atoms with van der Waals surface area (Å²) in [6.07, 6.45) is 5.57. The molecule has 1 fully saturated rings. The van der Waals surface area contributed by atoms with Crippen LogP contribution in [-0.4, -0.2) is 41.7 Å². The minimum Gasteiger partial charge on any atom is -0.455 e. The van der Waals surface area contributed by atoms with Gasteiger partial charge in [0.15, 0.2) is 5.75 Å². The highest BCUT2D eigenvalue weighted by atomic mass is 32.2. The van der Waals surface area contributed by atoms with Crippen molar-refractivity contribution in [3.8, 4) is 11.5 Å². The lowest BCUT2D eigenvalue weighted by molar-refractivity contribution is 0.102. The van der Waals surface area contributed by atoms with E-state index >= 15 is 0 Å². The van der Waals surface area contributed by atoms with Crippen molar-refractivity contribution in [3.05, 3.63) is 71.8 Å². The molecule has 172 valence electrons. The molecule has 33 heavy (non-hydrogen) atoms. The number of ether oxygens (including phenoxy) is 1. The summed E-state index contributed by atoms with van der Waals surface area (Å²) in [5.41, 5.74) is 2.05. The highest BCUT2D eigenvalue weighted by molar-refractivity contribution is 7.89. The van der Waals surface area contributed by atoms with Gasteiger partial charge in [-0.05, 0) is 62.6 Å². The standard InChI is InChI=1S/C24H26N4O4S/c1-17-7-6-8-19(13-17)32-23-10-9-20(33(30,31)28-11-4-3-5-12-28)14-21(23)27-24(29)22-16-25-18(2)15-26-22/h6-10,13-16H,3-5,11-12H2,1-2H3,(H,27,29). The molecule has 1 saturated heterocycles. The third-order valence-corrected chi connectivity index (χ3v) is 7.28. The molecular weight excluding hydrogens is 440 g/mol. The molecule has 2 heterocycles. The van der Waals surface area contributed by atoms with Gasteiger partial charge < -0.3 is 10.1 Å². The molecule has 8 nitrogen and oxygen atoms in total. The van der Waals surface area contributed by atoms with Gasteiger partial charge in [0.2, 0.25) is 10.0 Å². The van der Waals surface area contributed by atoms with Crippen LogP contribution in [0, 0.1) is 13.8 Å². The summed E-state index contributed by atoms with van der Waals surface area (Å²) in [6.45, 7) is 4.70. The Kier molecular flexibility index (Phi) is 6.71. The number of nitrogens with zero attached hydrogens (tertiary/aromatic N) is 3. The van der Waals surface area contributed by atoms with E-state index < -0.39 is 15.9 Å². The first-order valence-corrected chi connectivity index (χ1v) is 12.3. The third kappa shape index (κ3) is 5.37. The molecule has 9 heteroatoms. The number of sulfonamides is 1. The number of nitrogens with one attached hydrogen (secondary N) is 1. The maximum absolute atomic E-state index is 13.2. The predicted molar refractivity (Wildman–Crippen MR) is 125 cm³/mol. The monoisotopic (exact) mass is 466 g/mol. The highest BCUT2D eigenvalue weighted by Crippen LogP contribution is 2.34. The normalized spacial score (nSPS) is 14.6. The summed E-state index contributed by atoms with van der Waals surface area (Å²) in [7, 11) is -3.69. The molecule has 0 aliphatic carbocycles. The van der Waals surface area contributed by atoms with Crippen LogP contribution in [0.3, 0.4) is 0 Å². The van der Waals surface area contributed by atoms with Crippen molar-refractivity contribution in [2.45, 2.75) is 38.0 Å². The maximum atomic E-state index is 13.2. The van der Waals surface area contributed by atoms with Gasteiger partial charge in [0.25, 0.3) is 5.91 Å². The molecule has 4 rings (SSSR count). The van der Waals surface area contributed by atoms with Crippen LogP contribution in [0.4, 0.5) is 5.69 Å². The average Bonchev–Trinajstić information content (AvgIpc) is 2.81. The molecule has 0 radical (unpaired) electrons. The Morgan fingerprint density at radius 1 is 1.00 bits per heavy atom. The van der Waals surface area contributed by atoms with E-state index in [1.807, 2.05) is 25.1 Å². The van der Waals surface area contributed by atoms with Crippen molar-refractivity contribution >= 4 is 21.6 Å². The Balaban J connectivity index is 1.69. The Morgan fingerprint density at radius 2 is 1.79 bits per heavy atom. The van der Waals surface area contributed by atoms with Crippen LogP contribution in [0.25, 0.3) is 0 Å². The molecular formula is C24H26N4O4S. The van der Waals surface area contributed by atoms with Gasteiger partial charge in [-0.2, -0.15) is 4.31 Å². The van der Waals surface area contributed by atoms with E-state index in [9.17, 15) is 13.2 Å². The molecule has 1 N–H and O–H groups in total. The van der Waals surface area contributed by atoms with E-state index in [1.54, 1.807) is 19.1 Å². The van der Waals surface area contributed by atoms with Gasteiger partial charge in [-0.1, -0.05) is 18.6 Å². The van der Waals surface area contributed by atoms with E-state index in [1.165, 1.54) is 28.8 Å². The molecule has 0 unspecified atom stereocenters. The van der Waals surface area contributed by atoms with Gasteiger partial charge >= 0.3 is 0 Å². The van der Waals surface area contributed by atoms with Gasteiger partial charge in [0.05, 0.1) is 22.5 Å². The summed E-state index contributed by atoms with van der Waals surface area (Å²) in [6, 6.07) is 12.0. The van der Waals surface area contributed by atoms with Crippen molar-refractivity contribution in [2.24, 2.45) is 0 Å². The fraction of sp³-hybridized carbons (Fsp3) is 0.292. The summed E-state index contributed by atoms with van der Waals surface area (Å²) in [5, 5.41) is 2.75. The van der Waals surface area contributed by atoms with Crippen LogP contribution in [-0.2, 0) is 10.0 Å². The Labute approximate surface area is 193 Å². The van der Waals surface area contributed by atoms with Crippen molar-refractivity contribution in [1.29, 1.82) is 0 Å². The number of aryl methyl sites for hydroxylation is 2. The van der Waals surface area contributed by atoms with Gasteiger partial charge in [0.1, 0.15) is 11.4 Å². The number of benzene rings is 2. The molecule has 0 saturated carbocycles. The molecule has 0 atom stereocenters. The quantitative estimate of drug-likeness (QED) is 0.581. The topological polar surface area (TPSA) is 101 Å². The SMILES string of the molecule is Cc1cccc(Oc2ccc(S(=O)(=O)N3CCCCC3)cc2NC(=O)c2cnc(C)cn2)c1. The number of anilines is 1. The first-order valence-electron chi connectivity index (χ1n) is 10.8. The fourth-order valence-electron chi connectivity index (χ4n) is 3.61. The van der Waals surface area contributed by atoms with E-state index in [-0.39, 0.29) is 16.3 Å². The van der Waals surface area contributed by atoms with E-state index in [0.29, 0.717) is 30.3 Å². The number of carbonyl (C=O) groups excluding carboxylic acids is 1. The van der Waals surface area contributed by atoms with Crippen molar-refractivity contribution in [1.82, 2.24) is 14.3 Å². The zero-order valence-electron chi connectivity index (χ0n) is 18.6. The van der Waals surface area contributed by atoms with Gasteiger partial charge in [0, 0.05) is 19.3 Å². The van der Waals surface area contributed by atoms with Gasteiger partial charge in [-0.25, -0.2) is 13.4 Å². The lowest BCUT2D eigenvalue weighted by Crippen LogP contribution is -2.35. The van der Waals surface area contributed by atoms with Crippen molar-refractivity contribution in [2.75, 3.05) is 18.4 Å².